The van der Waals surface area contributed by atoms with Gasteiger partial charge in [0.15, 0.2) is 5.78 Å². The number of halogens is 2. The molecule has 0 atom stereocenters. The molecule has 0 saturated heterocycles. The van der Waals surface area contributed by atoms with Crippen LogP contribution in [0, 0.1) is 6.92 Å². The smallest absolute Gasteiger partial charge is 0.172 e. The van der Waals surface area contributed by atoms with Gasteiger partial charge in [-0.25, -0.2) is 0 Å². The van der Waals surface area contributed by atoms with Gasteiger partial charge in [-0.05, 0) is 41.1 Å². The quantitative estimate of drug-likeness (QED) is 0.786. The zero-order valence-corrected chi connectivity index (χ0v) is 13.7. The molecule has 0 aliphatic carbocycles. The summed E-state index contributed by atoms with van der Waals surface area (Å²) in [5, 5.41) is 4.82. The largest absolute Gasteiger partial charge is 0.496 e. The Balaban J connectivity index is 2.33. The predicted octanol–water partition coefficient (Wildman–Crippen LogP) is 3.58. The van der Waals surface area contributed by atoms with Crippen molar-refractivity contribution in [2.24, 2.45) is 7.05 Å². The van der Waals surface area contributed by atoms with Crippen LogP contribution in [-0.2, 0) is 13.5 Å². The first-order chi connectivity index (χ1) is 9.43. The fourth-order valence-corrected chi connectivity index (χ4v) is 2.65. The first kappa shape index (κ1) is 15.1. The summed E-state index contributed by atoms with van der Waals surface area (Å²) in [6, 6.07) is 5.00. The Kier molecular flexibility index (Phi) is 4.50. The van der Waals surface area contributed by atoms with Gasteiger partial charge in [-0.1, -0.05) is 11.6 Å². The Hall–Kier alpha value is -1.33. The minimum Gasteiger partial charge on any atom is -0.496 e. The molecule has 4 nitrogen and oxygen atoms in total. The number of Topliss-reactive ketones (excluding diaryl/α,β-unsaturated/α-hetero) is 1. The first-order valence-corrected chi connectivity index (χ1v) is 7.15. The molecule has 20 heavy (non-hydrogen) atoms. The number of aromatic nitrogens is 2. The van der Waals surface area contributed by atoms with Crippen LogP contribution >= 0.6 is 27.5 Å². The van der Waals surface area contributed by atoms with Crippen molar-refractivity contribution < 1.29 is 9.53 Å². The van der Waals surface area contributed by atoms with Crippen LogP contribution in [-0.4, -0.2) is 22.7 Å². The summed E-state index contributed by atoms with van der Waals surface area (Å²) in [4.78, 5) is 12.4. The number of hydrogen-bond donors (Lipinski definition) is 0. The summed E-state index contributed by atoms with van der Waals surface area (Å²) in [6.07, 6.45) is 0.246. The van der Waals surface area contributed by atoms with Gasteiger partial charge in [-0.2, -0.15) is 5.10 Å². The van der Waals surface area contributed by atoms with E-state index < -0.39 is 0 Å². The van der Waals surface area contributed by atoms with Gasteiger partial charge in [0.2, 0.25) is 0 Å². The zero-order chi connectivity index (χ0) is 14.9. The second kappa shape index (κ2) is 5.97. The maximum atomic E-state index is 12.4. The summed E-state index contributed by atoms with van der Waals surface area (Å²) in [7, 11) is 3.34. The number of nitrogens with zero attached hydrogens (tertiary/aromatic N) is 2. The van der Waals surface area contributed by atoms with Gasteiger partial charge >= 0.3 is 0 Å². The lowest BCUT2D eigenvalue weighted by Crippen LogP contribution is -2.09. The van der Waals surface area contributed by atoms with E-state index in [1.807, 2.05) is 14.0 Å². The highest BCUT2D eigenvalue weighted by molar-refractivity contribution is 9.10. The Morgan fingerprint density at radius 3 is 2.75 bits per heavy atom. The summed E-state index contributed by atoms with van der Waals surface area (Å²) in [5.74, 6) is 0.444. The van der Waals surface area contributed by atoms with Gasteiger partial charge in [0.1, 0.15) is 5.75 Å². The maximum absolute atomic E-state index is 12.4. The van der Waals surface area contributed by atoms with Crippen molar-refractivity contribution in [2.45, 2.75) is 13.3 Å². The van der Waals surface area contributed by atoms with Crippen LogP contribution in [0.3, 0.4) is 0 Å². The standard InChI is InChI=1S/C14H14BrClN2O2/c1-8-14(15)11(18(2)17-8)7-12(19)10-5-4-9(16)6-13(10)20-3/h4-6H,7H2,1-3H3. The van der Waals surface area contributed by atoms with Gasteiger partial charge < -0.3 is 4.74 Å². The van der Waals surface area contributed by atoms with Crippen molar-refractivity contribution in [1.29, 1.82) is 0 Å². The minimum atomic E-state index is -0.0396. The first-order valence-electron chi connectivity index (χ1n) is 5.98. The highest BCUT2D eigenvalue weighted by Gasteiger charge is 2.18. The molecular weight excluding hydrogens is 344 g/mol. The van der Waals surface area contributed by atoms with Crippen molar-refractivity contribution in [1.82, 2.24) is 9.78 Å². The second-order valence-corrected chi connectivity index (χ2v) is 5.64. The number of methoxy groups -OCH3 is 1. The molecule has 0 aliphatic rings. The normalized spacial score (nSPS) is 10.7. The Morgan fingerprint density at radius 1 is 1.50 bits per heavy atom. The average molecular weight is 358 g/mol. The number of hydrogen-bond acceptors (Lipinski definition) is 3. The van der Waals surface area contributed by atoms with Gasteiger partial charge in [-0.3, -0.25) is 9.48 Å². The average Bonchev–Trinajstić information content (AvgIpc) is 2.65. The number of rotatable bonds is 4. The molecule has 2 aromatic rings. The topological polar surface area (TPSA) is 44.1 Å². The molecule has 2 rings (SSSR count). The highest BCUT2D eigenvalue weighted by atomic mass is 79.9. The third kappa shape index (κ3) is 2.88. The van der Waals surface area contributed by atoms with E-state index in [4.69, 9.17) is 16.3 Å². The van der Waals surface area contributed by atoms with E-state index in [9.17, 15) is 4.79 Å². The zero-order valence-electron chi connectivity index (χ0n) is 11.4. The minimum absolute atomic E-state index is 0.0396. The van der Waals surface area contributed by atoms with Gasteiger partial charge in [0, 0.05) is 12.1 Å². The molecule has 0 N–H and O–H groups in total. The number of carbonyl (C=O) groups is 1. The second-order valence-electron chi connectivity index (χ2n) is 4.41. The third-order valence-electron chi connectivity index (χ3n) is 3.05. The molecule has 0 bridgehead atoms. The van der Waals surface area contributed by atoms with Crippen molar-refractivity contribution >= 4 is 33.3 Å². The van der Waals surface area contributed by atoms with E-state index in [2.05, 4.69) is 21.0 Å². The Bertz CT molecular complexity index is 667. The van der Waals surface area contributed by atoms with Crippen molar-refractivity contribution in [2.75, 3.05) is 7.11 Å². The van der Waals surface area contributed by atoms with E-state index in [-0.39, 0.29) is 12.2 Å². The fourth-order valence-electron chi connectivity index (χ4n) is 2.01. The fraction of sp³-hybridized carbons (Fsp3) is 0.286. The molecule has 0 fully saturated rings. The number of ether oxygens (including phenoxy) is 1. The lowest BCUT2D eigenvalue weighted by atomic mass is 10.1. The number of carbonyl (C=O) groups excluding carboxylic acids is 1. The summed E-state index contributed by atoms with van der Waals surface area (Å²) in [5.41, 5.74) is 2.21. The maximum Gasteiger partial charge on any atom is 0.172 e. The molecule has 1 heterocycles. The molecule has 0 spiro atoms. The molecule has 1 aromatic carbocycles. The van der Waals surface area contributed by atoms with Crippen LogP contribution in [0.25, 0.3) is 0 Å². The lowest BCUT2D eigenvalue weighted by molar-refractivity contribution is 0.0987. The molecule has 106 valence electrons. The van der Waals surface area contributed by atoms with E-state index >= 15 is 0 Å². The van der Waals surface area contributed by atoms with Crippen LogP contribution in [0.4, 0.5) is 0 Å². The van der Waals surface area contributed by atoms with E-state index in [1.54, 1.807) is 22.9 Å². The Morgan fingerprint density at radius 2 is 2.20 bits per heavy atom. The van der Waals surface area contributed by atoms with Gasteiger partial charge in [-0.15, -0.1) is 0 Å². The highest BCUT2D eigenvalue weighted by Crippen LogP contribution is 2.26. The number of ketones is 1. The number of benzene rings is 1. The van der Waals surface area contributed by atoms with Gasteiger partial charge in [0.05, 0.1) is 35.0 Å². The Labute approximate surface area is 130 Å². The van der Waals surface area contributed by atoms with Crippen molar-refractivity contribution in [3.63, 3.8) is 0 Å². The van der Waals surface area contributed by atoms with Gasteiger partial charge in [0.25, 0.3) is 0 Å². The SMILES string of the molecule is COc1cc(Cl)ccc1C(=O)Cc1c(Br)c(C)nn1C. The van der Waals surface area contributed by atoms with Crippen molar-refractivity contribution in [3.8, 4) is 5.75 Å². The lowest BCUT2D eigenvalue weighted by Gasteiger charge is -2.08. The van der Waals surface area contributed by atoms with Crippen LogP contribution in [0.15, 0.2) is 22.7 Å². The molecule has 6 heteroatoms. The van der Waals surface area contributed by atoms with Crippen LogP contribution in [0.2, 0.25) is 5.02 Å². The predicted molar refractivity (Wildman–Crippen MR) is 81.7 cm³/mol. The summed E-state index contributed by atoms with van der Waals surface area (Å²) >= 11 is 9.36. The molecule has 0 radical (unpaired) electrons. The molecule has 1 aromatic heterocycles. The third-order valence-corrected chi connectivity index (χ3v) is 4.32. The van der Waals surface area contributed by atoms with Crippen LogP contribution < -0.4 is 4.74 Å². The monoisotopic (exact) mass is 356 g/mol. The molecule has 0 unspecified atom stereocenters. The molecule has 0 aliphatic heterocycles. The van der Waals surface area contributed by atoms with E-state index in [1.165, 1.54) is 7.11 Å². The summed E-state index contributed by atoms with van der Waals surface area (Å²) in [6.45, 7) is 1.89. The molecule has 0 amide bonds. The van der Waals surface area contributed by atoms with Crippen molar-refractivity contribution in [3.05, 3.63) is 44.6 Å². The number of aryl methyl sites for hydroxylation is 2. The van der Waals surface area contributed by atoms with Crippen LogP contribution in [0.1, 0.15) is 21.7 Å². The van der Waals surface area contributed by atoms with E-state index in [0.717, 1.165) is 15.9 Å². The van der Waals surface area contributed by atoms with E-state index in [0.29, 0.717) is 16.3 Å². The molecular formula is C14H14BrClN2O2. The summed E-state index contributed by atoms with van der Waals surface area (Å²) < 4.78 is 7.78. The van der Waals surface area contributed by atoms with Crippen LogP contribution in [0.5, 0.6) is 5.75 Å². The molecule has 0 saturated carbocycles.